The Morgan fingerprint density at radius 2 is 0.693 bits per heavy atom. The van der Waals surface area contributed by atoms with Gasteiger partial charge in [-0.1, -0.05) is 38.5 Å². The minimum Gasteiger partial charge on any atom is -0.394 e. The Kier molecular flexibility index (Phi) is 54.8. The average molecular weight is 1850 g/mol. The summed E-state index contributed by atoms with van der Waals surface area (Å²) in [5, 5.41) is 140. The van der Waals surface area contributed by atoms with Crippen LogP contribution >= 0.6 is 8.25 Å². The first-order valence-corrected chi connectivity index (χ1v) is 45.5. The van der Waals surface area contributed by atoms with Gasteiger partial charge in [-0.05, 0) is 77.0 Å². The Morgan fingerprint density at radius 3 is 1.06 bits per heavy atom. The van der Waals surface area contributed by atoms with Crippen LogP contribution in [0.25, 0.3) is 0 Å². The number of rotatable bonds is 64. The van der Waals surface area contributed by atoms with Gasteiger partial charge in [0.25, 0.3) is 0 Å². The summed E-state index contributed by atoms with van der Waals surface area (Å²) in [4.78, 5) is 151. The number of unbranched alkanes of at least 4 members (excludes halogenated alkanes) is 10. The van der Waals surface area contributed by atoms with Crippen molar-refractivity contribution in [1.29, 1.82) is 0 Å². The standard InChI is InChI=1S/C80H142N11O35P/c1-48(95)87-65-72(110)69(107)53(43-92)124-78(65)119-35-15-12-21-57(99)81-29-18-32-84-60(102)26-38-116-47-56-75(117-39-27-61(103)85-33-19-30-82-58(100)22-13-16-36-120-79-66(88-49(2)96)73(111)70(108)54(44-93)125-79)76(68(77(113)123-56)90-63(105)24-10-8-6-4-5-7-9-11-25-64(106)91-42-52(98)41-51(91)46-122-127(114)115)118-40-28-62(104)86-34-20-31-83-59(101)23-14-17-37-121-80-67(89-50(3)97)74(112)71(109)55(45-94)126-80/h51-56,65-80,92-94,98,107-113,127H,4-47H2,1-3H3,(H,81,99)(H,82,100)(H,83,101)(H,84,102)(H,85,103)(H,86,104)(H,87,95)(H,88,96)(H,89,97)(H,90,105)(H,114,115)/t51-,52+,53+,54+,55+,56+,65+,66+,67+,68?,69-,70-,71-,72+,73+,74+,75+,76+,77+,78+,79+,80+/m0/s1. The number of aliphatic hydroxyl groups excluding tert-OH is 11. The normalized spacial score (nSPS) is 27.9. The summed E-state index contributed by atoms with van der Waals surface area (Å²) in [5.41, 5.74) is 0. The van der Waals surface area contributed by atoms with E-state index in [1.807, 2.05) is 0 Å². The van der Waals surface area contributed by atoms with Gasteiger partial charge in [0.15, 0.2) is 25.2 Å². The highest BCUT2D eigenvalue weighted by atomic mass is 31.1. The summed E-state index contributed by atoms with van der Waals surface area (Å²) in [6, 6.07) is -5.17. The van der Waals surface area contributed by atoms with Crippen molar-refractivity contribution in [2.45, 2.75) is 322 Å². The zero-order valence-electron chi connectivity index (χ0n) is 73.0. The van der Waals surface area contributed by atoms with Crippen molar-refractivity contribution in [3.05, 3.63) is 0 Å². The molecule has 5 heterocycles. The van der Waals surface area contributed by atoms with Gasteiger partial charge in [-0.15, -0.1) is 0 Å². The molecule has 5 aliphatic rings. The van der Waals surface area contributed by atoms with Gasteiger partial charge in [-0.2, -0.15) is 0 Å². The minimum atomic E-state index is -3.19. The maximum absolute atomic E-state index is 13.9. The molecular formula is C80H142N11O35P. The van der Waals surface area contributed by atoms with Crippen LogP contribution in [-0.4, -0.2) is 384 Å². The van der Waals surface area contributed by atoms with Crippen molar-refractivity contribution in [3.63, 3.8) is 0 Å². The van der Waals surface area contributed by atoms with E-state index in [-0.39, 0.29) is 180 Å². The number of ether oxygens (including phenoxy) is 10. The SMILES string of the molecule is CC(=O)N[C@H]1[C@H](OCCCCC(=O)NCCCNC(=O)CCOC[C@H]2O[C@@H](O)C(NC(=O)CCCCCCCCCCC(=O)N3C[C@H](O)C[C@H]3CO[PH](=O)O)[C@@H](OCCC(=O)NCCCNC(=O)CCCCO[C@@H]3O[C@H](CO)[C@H](O)[C@H](O)[C@H]3NC(C)=O)[C@@H]2OCCC(=O)NCCCNC(=O)CCCCO[C@@H]2O[C@H](CO)[C@H](O)[C@H](O)[C@H]2NC(C)=O)O[C@H](CO)[C@H](O)[C@@H]1O. The molecule has 732 valence electrons. The molecule has 22 N–H and O–H groups in total. The predicted molar refractivity (Wildman–Crippen MR) is 444 cm³/mol. The van der Waals surface area contributed by atoms with E-state index >= 15 is 0 Å². The molecule has 23 atom stereocenters. The quantitative estimate of drug-likeness (QED) is 0.0199. The molecule has 5 rings (SSSR count). The second-order valence-corrected chi connectivity index (χ2v) is 32.9. The number of nitrogens with zero attached hydrogens (tertiary/aromatic N) is 1. The zero-order valence-corrected chi connectivity index (χ0v) is 74.0. The maximum Gasteiger partial charge on any atom is 0.316 e. The molecule has 0 aliphatic carbocycles. The summed E-state index contributed by atoms with van der Waals surface area (Å²) in [6.07, 6.45) is -12.8. The van der Waals surface area contributed by atoms with Crippen LogP contribution in [0, 0.1) is 0 Å². The lowest BCUT2D eigenvalue weighted by atomic mass is 9.95. The summed E-state index contributed by atoms with van der Waals surface area (Å²) >= 11 is 0. The molecule has 5 saturated heterocycles. The van der Waals surface area contributed by atoms with Crippen molar-refractivity contribution in [2.75, 3.05) is 118 Å². The largest absolute Gasteiger partial charge is 0.394 e. The van der Waals surface area contributed by atoms with Gasteiger partial charge in [0.05, 0.1) is 65.0 Å². The van der Waals surface area contributed by atoms with Crippen LogP contribution < -0.4 is 53.2 Å². The molecule has 0 bridgehead atoms. The lowest BCUT2D eigenvalue weighted by Crippen LogP contribution is -2.65. The van der Waals surface area contributed by atoms with Crippen molar-refractivity contribution in [3.8, 4) is 0 Å². The highest BCUT2D eigenvalue weighted by Crippen LogP contribution is 2.30. The molecule has 0 saturated carbocycles. The van der Waals surface area contributed by atoms with Crippen molar-refractivity contribution in [2.24, 2.45) is 0 Å². The number of hydrogen-bond donors (Lipinski definition) is 22. The molecule has 0 aromatic carbocycles. The van der Waals surface area contributed by atoms with E-state index in [1.165, 1.54) is 25.7 Å². The Morgan fingerprint density at radius 1 is 0.354 bits per heavy atom. The topological polar surface area (TPSA) is 673 Å². The molecule has 0 aromatic heterocycles. The summed E-state index contributed by atoms with van der Waals surface area (Å²) in [7, 11) is -3.19. The molecule has 0 spiro atoms. The number of β-amino-alcohol motifs (C(OH)–C–C–N with tert-alkyl or cyclic N) is 1. The fourth-order valence-electron chi connectivity index (χ4n) is 14.9. The van der Waals surface area contributed by atoms with Gasteiger partial charge in [0.2, 0.25) is 65.0 Å². The molecule has 2 unspecified atom stereocenters. The van der Waals surface area contributed by atoms with Gasteiger partial charge in [-0.3, -0.25) is 57.3 Å². The Balaban J connectivity index is 1.15. The first kappa shape index (κ1) is 111. The first-order valence-electron chi connectivity index (χ1n) is 44.3. The molecule has 0 aromatic rings. The third-order valence-electron chi connectivity index (χ3n) is 21.7. The van der Waals surface area contributed by atoms with Gasteiger partial charge >= 0.3 is 8.25 Å². The Labute approximate surface area is 739 Å². The molecule has 5 fully saturated rings. The molecule has 47 heteroatoms. The number of amides is 11. The van der Waals surface area contributed by atoms with Gasteiger partial charge in [0.1, 0.15) is 97.4 Å². The highest BCUT2D eigenvalue weighted by molar-refractivity contribution is 7.32. The molecule has 0 radical (unpaired) electrons. The molecular weight excluding hydrogens is 1710 g/mol. The second-order valence-electron chi connectivity index (χ2n) is 32.1. The van der Waals surface area contributed by atoms with Gasteiger partial charge in [-0.25, -0.2) is 0 Å². The lowest BCUT2D eigenvalue weighted by Gasteiger charge is -2.45. The third kappa shape index (κ3) is 42.7. The van der Waals surface area contributed by atoms with E-state index in [0.29, 0.717) is 77.0 Å². The zero-order chi connectivity index (χ0) is 93.2. The van der Waals surface area contributed by atoms with Crippen LogP contribution in [0.3, 0.4) is 0 Å². The highest BCUT2D eigenvalue weighted by Gasteiger charge is 2.51. The number of hydrogen-bond acceptors (Lipinski definition) is 34. The predicted octanol–water partition coefficient (Wildman–Crippen LogP) is -6.33. The number of aliphatic hydroxyl groups is 11. The molecule has 127 heavy (non-hydrogen) atoms. The van der Waals surface area contributed by atoms with Crippen LogP contribution in [0.5, 0.6) is 0 Å². The summed E-state index contributed by atoms with van der Waals surface area (Å²) < 4.78 is 74.7. The van der Waals surface area contributed by atoms with Crippen LogP contribution in [0.2, 0.25) is 0 Å². The van der Waals surface area contributed by atoms with Crippen LogP contribution in [-0.2, 0) is 109 Å². The minimum absolute atomic E-state index is 0.0187. The third-order valence-corrected chi connectivity index (χ3v) is 22.1. The van der Waals surface area contributed by atoms with Crippen LogP contribution in [0.4, 0.5) is 0 Å². The average Bonchev–Trinajstić information content (AvgIpc) is 1.75. The van der Waals surface area contributed by atoms with E-state index in [4.69, 9.17) is 56.8 Å². The van der Waals surface area contributed by atoms with Gasteiger partial charge < -0.3 is 171 Å². The van der Waals surface area contributed by atoms with E-state index < -0.39 is 204 Å². The molecule has 11 amide bonds. The first-order chi connectivity index (χ1) is 60.8. The van der Waals surface area contributed by atoms with Gasteiger partial charge in [0, 0.05) is 138 Å². The smallest absolute Gasteiger partial charge is 0.316 e. The van der Waals surface area contributed by atoms with E-state index in [2.05, 4.69) is 53.2 Å². The number of carbonyl (C=O) groups is 11. The molecule has 5 aliphatic heterocycles. The maximum atomic E-state index is 13.9. The lowest BCUT2D eigenvalue weighted by molar-refractivity contribution is -0.273. The number of nitrogens with one attached hydrogen (secondary N) is 10. The van der Waals surface area contributed by atoms with Crippen LogP contribution in [0.15, 0.2) is 0 Å². The fraction of sp³-hybridized carbons (Fsp3) is 0.863. The van der Waals surface area contributed by atoms with Crippen molar-refractivity contribution >= 4 is 73.2 Å². The fourth-order valence-corrected chi connectivity index (χ4v) is 15.2. The van der Waals surface area contributed by atoms with E-state index in [0.717, 1.165) is 32.1 Å². The molecule has 46 nitrogen and oxygen atoms in total. The van der Waals surface area contributed by atoms with E-state index in [9.17, 15) is 113 Å². The summed E-state index contributed by atoms with van der Waals surface area (Å²) in [5.74, 6) is -4.36. The number of carbonyl (C=O) groups excluding carboxylic acids is 11. The van der Waals surface area contributed by atoms with Crippen molar-refractivity contribution < 1.29 is 170 Å². The monoisotopic (exact) mass is 1850 g/mol. The van der Waals surface area contributed by atoms with Crippen LogP contribution in [0.1, 0.15) is 188 Å². The Hall–Kier alpha value is -6.52. The second kappa shape index (κ2) is 62.8. The summed E-state index contributed by atoms with van der Waals surface area (Å²) in [6.45, 7) is 1.91. The van der Waals surface area contributed by atoms with Crippen molar-refractivity contribution in [1.82, 2.24) is 58.1 Å². The van der Waals surface area contributed by atoms with E-state index in [1.54, 1.807) is 0 Å². The Bertz CT molecular complexity index is 3280. The number of likely N-dealkylation sites (tertiary alicyclic amines) is 1.